The van der Waals surface area contributed by atoms with Gasteiger partial charge >= 0.3 is 0 Å². The normalized spacial score (nSPS) is 30.4. The monoisotopic (exact) mass is 258 g/mol. The van der Waals surface area contributed by atoms with Gasteiger partial charge in [-0.2, -0.15) is 0 Å². The lowest BCUT2D eigenvalue weighted by atomic mass is 10.1. The van der Waals surface area contributed by atoms with Crippen molar-refractivity contribution in [2.24, 2.45) is 0 Å². The van der Waals surface area contributed by atoms with Crippen molar-refractivity contribution >= 4 is 16.7 Å². The van der Waals surface area contributed by atoms with E-state index in [1.165, 1.54) is 25.7 Å². The van der Waals surface area contributed by atoms with Crippen molar-refractivity contribution in [1.29, 1.82) is 0 Å². The Hall–Kier alpha value is -0.420. The van der Waals surface area contributed by atoms with Crippen molar-refractivity contribution in [2.45, 2.75) is 50.6 Å². The standard InChI is InChI=1S/C12H22N2O2S/c15-12(9-13-10-3-1-2-4-10)14-11-5-7-17(16)8-6-11/h10-11,13H,1-9H2,(H,14,15). The van der Waals surface area contributed by atoms with E-state index in [0.717, 1.165) is 24.3 Å². The van der Waals surface area contributed by atoms with Crippen LogP contribution in [0.1, 0.15) is 38.5 Å². The van der Waals surface area contributed by atoms with Crippen LogP contribution in [0.5, 0.6) is 0 Å². The summed E-state index contributed by atoms with van der Waals surface area (Å²) in [6.07, 6.45) is 6.70. The summed E-state index contributed by atoms with van der Waals surface area (Å²) in [6, 6.07) is 0.783. The number of carbonyl (C=O) groups excluding carboxylic acids is 1. The van der Waals surface area contributed by atoms with Gasteiger partial charge in [0.15, 0.2) is 0 Å². The van der Waals surface area contributed by atoms with Crippen LogP contribution < -0.4 is 10.6 Å². The molecule has 1 amide bonds. The van der Waals surface area contributed by atoms with Gasteiger partial charge < -0.3 is 10.6 Å². The number of amides is 1. The molecule has 17 heavy (non-hydrogen) atoms. The van der Waals surface area contributed by atoms with Crippen molar-refractivity contribution in [3.8, 4) is 0 Å². The lowest BCUT2D eigenvalue weighted by Crippen LogP contribution is -2.44. The average molecular weight is 258 g/mol. The fraction of sp³-hybridized carbons (Fsp3) is 0.917. The second-order valence-electron chi connectivity index (χ2n) is 5.05. The van der Waals surface area contributed by atoms with Crippen LogP contribution in [0.15, 0.2) is 0 Å². The predicted octanol–water partition coefficient (Wildman–Crippen LogP) is 0.546. The highest BCUT2D eigenvalue weighted by Crippen LogP contribution is 2.17. The van der Waals surface area contributed by atoms with Gasteiger partial charge in [-0.15, -0.1) is 0 Å². The zero-order chi connectivity index (χ0) is 12.1. The molecule has 1 aliphatic carbocycles. The van der Waals surface area contributed by atoms with Crippen LogP contribution in [-0.4, -0.2) is 40.3 Å². The number of hydrogen-bond donors (Lipinski definition) is 2. The van der Waals surface area contributed by atoms with Crippen LogP contribution in [0.25, 0.3) is 0 Å². The zero-order valence-electron chi connectivity index (χ0n) is 10.2. The van der Waals surface area contributed by atoms with E-state index < -0.39 is 10.8 Å². The molecule has 0 spiro atoms. The van der Waals surface area contributed by atoms with Crippen LogP contribution in [-0.2, 0) is 15.6 Å². The smallest absolute Gasteiger partial charge is 0.234 e. The molecule has 0 bridgehead atoms. The van der Waals surface area contributed by atoms with Gasteiger partial charge in [0, 0.05) is 34.4 Å². The minimum Gasteiger partial charge on any atom is -0.352 e. The molecule has 1 saturated carbocycles. The second kappa shape index (κ2) is 6.50. The van der Waals surface area contributed by atoms with Crippen molar-refractivity contribution in [2.75, 3.05) is 18.1 Å². The first-order chi connectivity index (χ1) is 8.24. The Morgan fingerprint density at radius 3 is 2.35 bits per heavy atom. The third-order valence-corrected chi connectivity index (χ3v) is 5.04. The van der Waals surface area contributed by atoms with E-state index in [4.69, 9.17) is 0 Å². The summed E-state index contributed by atoms with van der Waals surface area (Å²) >= 11 is 0. The van der Waals surface area contributed by atoms with Crippen LogP contribution in [0.4, 0.5) is 0 Å². The maximum Gasteiger partial charge on any atom is 0.234 e. The largest absolute Gasteiger partial charge is 0.352 e. The molecule has 1 saturated heterocycles. The topological polar surface area (TPSA) is 58.2 Å². The molecule has 98 valence electrons. The number of nitrogens with one attached hydrogen (secondary N) is 2. The van der Waals surface area contributed by atoms with Crippen molar-refractivity contribution in [1.82, 2.24) is 10.6 Å². The fourth-order valence-corrected chi connectivity index (χ4v) is 3.88. The summed E-state index contributed by atoms with van der Waals surface area (Å²) in [5.41, 5.74) is 0. The summed E-state index contributed by atoms with van der Waals surface area (Å²) in [5, 5.41) is 6.34. The number of carbonyl (C=O) groups is 1. The Morgan fingerprint density at radius 2 is 1.71 bits per heavy atom. The van der Waals surface area contributed by atoms with E-state index in [1.54, 1.807) is 0 Å². The fourth-order valence-electron chi connectivity index (χ4n) is 2.58. The molecule has 2 aliphatic rings. The molecule has 5 heteroatoms. The molecule has 1 heterocycles. The molecule has 2 fully saturated rings. The maximum absolute atomic E-state index is 11.7. The van der Waals surface area contributed by atoms with Crippen molar-refractivity contribution < 1.29 is 9.00 Å². The molecule has 0 unspecified atom stereocenters. The van der Waals surface area contributed by atoms with E-state index in [1.807, 2.05) is 0 Å². The van der Waals surface area contributed by atoms with E-state index in [0.29, 0.717) is 12.6 Å². The van der Waals surface area contributed by atoms with Gasteiger partial charge in [0.25, 0.3) is 0 Å². The van der Waals surface area contributed by atoms with E-state index >= 15 is 0 Å². The SMILES string of the molecule is O=C(CNC1CCCC1)NC1CCS(=O)CC1. The quantitative estimate of drug-likeness (QED) is 0.774. The highest BCUT2D eigenvalue weighted by Gasteiger charge is 2.20. The molecule has 1 aliphatic heterocycles. The molecule has 0 aromatic carbocycles. The van der Waals surface area contributed by atoms with Crippen molar-refractivity contribution in [3.63, 3.8) is 0 Å². The lowest BCUT2D eigenvalue weighted by molar-refractivity contribution is -0.121. The van der Waals surface area contributed by atoms with Crippen LogP contribution in [0.2, 0.25) is 0 Å². The third-order valence-electron chi connectivity index (χ3n) is 3.66. The highest BCUT2D eigenvalue weighted by atomic mass is 32.2. The second-order valence-corrected chi connectivity index (χ2v) is 6.75. The summed E-state index contributed by atoms with van der Waals surface area (Å²) in [6.45, 7) is 0.435. The lowest BCUT2D eigenvalue weighted by Gasteiger charge is -2.23. The first-order valence-corrected chi connectivity index (χ1v) is 8.10. The molecule has 2 rings (SSSR count). The van der Waals surface area contributed by atoms with Gasteiger partial charge in [0.1, 0.15) is 0 Å². The molecule has 0 aromatic rings. The molecule has 4 nitrogen and oxygen atoms in total. The summed E-state index contributed by atoms with van der Waals surface area (Å²) in [5.74, 6) is 1.57. The Morgan fingerprint density at radius 1 is 1.06 bits per heavy atom. The van der Waals surface area contributed by atoms with E-state index in [9.17, 15) is 9.00 Å². The molecule has 0 radical (unpaired) electrons. The van der Waals surface area contributed by atoms with Crippen LogP contribution in [0.3, 0.4) is 0 Å². The first-order valence-electron chi connectivity index (χ1n) is 6.62. The number of hydrogen-bond acceptors (Lipinski definition) is 3. The predicted molar refractivity (Wildman–Crippen MR) is 69.3 cm³/mol. The minimum absolute atomic E-state index is 0.0922. The van der Waals surface area contributed by atoms with Gasteiger partial charge in [-0.3, -0.25) is 9.00 Å². The average Bonchev–Trinajstić information content (AvgIpc) is 2.83. The highest BCUT2D eigenvalue weighted by molar-refractivity contribution is 7.85. The Kier molecular flexibility index (Phi) is 4.98. The summed E-state index contributed by atoms with van der Waals surface area (Å²) < 4.78 is 11.2. The number of rotatable bonds is 4. The zero-order valence-corrected chi connectivity index (χ0v) is 11.1. The van der Waals surface area contributed by atoms with Gasteiger partial charge in [-0.1, -0.05) is 12.8 Å². The molecular weight excluding hydrogens is 236 g/mol. The van der Waals surface area contributed by atoms with Crippen LogP contribution in [0, 0.1) is 0 Å². The van der Waals surface area contributed by atoms with Gasteiger partial charge in [-0.05, 0) is 25.7 Å². The van der Waals surface area contributed by atoms with Gasteiger partial charge in [-0.25, -0.2) is 0 Å². The first kappa shape index (κ1) is 13.0. The van der Waals surface area contributed by atoms with Gasteiger partial charge in [0.05, 0.1) is 6.54 Å². The van der Waals surface area contributed by atoms with Crippen LogP contribution >= 0.6 is 0 Å². The van der Waals surface area contributed by atoms with Gasteiger partial charge in [0.2, 0.25) is 5.91 Å². The summed E-state index contributed by atoms with van der Waals surface area (Å²) in [4.78, 5) is 11.7. The van der Waals surface area contributed by atoms with Crippen molar-refractivity contribution in [3.05, 3.63) is 0 Å². The molecule has 0 atom stereocenters. The van der Waals surface area contributed by atoms with E-state index in [-0.39, 0.29) is 11.9 Å². The van der Waals surface area contributed by atoms with E-state index in [2.05, 4.69) is 10.6 Å². The molecule has 0 aromatic heterocycles. The third kappa shape index (κ3) is 4.39. The Balaban J connectivity index is 1.61. The Labute approximate surface area is 105 Å². The molecule has 2 N–H and O–H groups in total. The molecular formula is C12H22N2O2S. The maximum atomic E-state index is 11.7. The summed E-state index contributed by atoms with van der Waals surface area (Å²) in [7, 11) is -0.648. The Bertz CT molecular complexity index is 280. The minimum atomic E-state index is -0.648.